The molecule has 130 valence electrons. The van der Waals surface area contributed by atoms with Gasteiger partial charge < -0.3 is 15.2 Å². The number of aromatic nitrogens is 2. The van der Waals surface area contributed by atoms with Crippen LogP contribution in [-0.2, 0) is 6.54 Å². The first kappa shape index (κ1) is 16.1. The van der Waals surface area contributed by atoms with E-state index in [2.05, 4.69) is 38.4 Å². The molecule has 3 aromatic rings. The van der Waals surface area contributed by atoms with E-state index in [-0.39, 0.29) is 5.82 Å². The van der Waals surface area contributed by atoms with Gasteiger partial charge in [-0.2, -0.15) is 0 Å². The van der Waals surface area contributed by atoms with Crippen LogP contribution in [0.3, 0.4) is 0 Å². The fourth-order valence-electron chi connectivity index (χ4n) is 3.64. The van der Waals surface area contributed by atoms with E-state index in [1.54, 1.807) is 6.07 Å². The molecular weight excluding hydrogens is 315 g/mol. The highest BCUT2D eigenvalue weighted by molar-refractivity contribution is 5.75. The van der Waals surface area contributed by atoms with Crippen molar-refractivity contribution in [1.29, 1.82) is 0 Å². The Balaban J connectivity index is 1.31. The highest BCUT2D eigenvalue weighted by Gasteiger charge is 2.23. The molecule has 1 unspecified atom stereocenters. The first-order valence-electron chi connectivity index (χ1n) is 8.84. The van der Waals surface area contributed by atoms with Crippen LogP contribution >= 0.6 is 0 Å². The number of rotatable bonds is 5. The predicted octanol–water partition coefficient (Wildman–Crippen LogP) is 3.63. The summed E-state index contributed by atoms with van der Waals surface area (Å²) in [4.78, 5) is 9.86. The summed E-state index contributed by atoms with van der Waals surface area (Å²) in [6.07, 6.45) is 1.10. The van der Waals surface area contributed by atoms with E-state index in [0.29, 0.717) is 5.92 Å². The minimum absolute atomic E-state index is 0.126. The molecule has 1 aromatic heterocycles. The summed E-state index contributed by atoms with van der Waals surface area (Å²) in [6, 6.07) is 13.4. The topological polar surface area (TPSA) is 44.0 Å². The number of hydrogen-bond donors (Lipinski definition) is 2. The monoisotopic (exact) mass is 338 g/mol. The van der Waals surface area contributed by atoms with Crippen LogP contribution in [-0.4, -0.2) is 29.6 Å². The smallest absolute Gasteiger partial charge is 0.146 e. The number of aryl methyl sites for hydroxylation is 1. The summed E-state index contributed by atoms with van der Waals surface area (Å²) >= 11 is 0. The number of aromatic amines is 1. The van der Waals surface area contributed by atoms with Crippen molar-refractivity contribution < 1.29 is 4.39 Å². The molecule has 5 heteroatoms. The molecule has 1 aliphatic heterocycles. The molecule has 2 heterocycles. The minimum atomic E-state index is -0.126. The number of anilines is 1. The molecule has 0 saturated carbocycles. The van der Waals surface area contributed by atoms with Crippen molar-refractivity contribution >= 4 is 16.7 Å². The molecule has 0 radical (unpaired) electrons. The molecule has 2 N–H and O–H groups in total. The van der Waals surface area contributed by atoms with Gasteiger partial charge in [-0.15, -0.1) is 0 Å². The van der Waals surface area contributed by atoms with Gasteiger partial charge in [0, 0.05) is 26.2 Å². The number of halogens is 1. The van der Waals surface area contributed by atoms with E-state index in [4.69, 9.17) is 0 Å². The van der Waals surface area contributed by atoms with Crippen LogP contribution in [0.5, 0.6) is 0 Å². The zero-order chi connectivity index (χ0) is 17.2. The summed E-state index contributed by atoms with van der Waals surface area (Å²) in [6.45, 7) is 5.59. The highest BCUT2D eigenvalue weighted by atomic mass is 19.1. The Morgan fingerprint density at radius 3 is 3.04 bits per heavy atom. The summed E-state index contributed by atoms with van der Waals surface area (Å²) in [5.41, 5.74) is 4.08. The Kier molecular flexibility index (Phi) is 4.40. The van der Waals surface area contributed by atoms with Gasteiger partial charge in [0.15, 0.2) is 0 Å². The number of para-hydroxylation sites is 1. The quantitative estimate of drug-likeness (QED) is 0.747. The lowest BCUT2D eigenvalue weighted by molar-refractivity contribution is 0.516. The van der Waals surface area contributed by atoms with Gasteiger partial charge in [0.2, 0.25) is 0 Å². The Morgan fingerprint density at radius 2 is 2.16 bits per heavy atom. The van der Waals surface area contributed by atoms with E-state index in [0.717, 1.165) is 55.1 Å². The highest BCUT2D eigenvalue weighted by Crippen LogP contribution is 2.25. The molecule has 0 spiro atoms. The number of nitrogens with zero attached hydrogens (tertiary/aromatic N) is 2. The standard InChI is InChI=1S/C20H23FN4/c1-14-23-18-7-6-15(10-19(18)24-14)11-22-12-16-8-9-25(13-16)20-5-3-2-4-17(20)21/h2-7,10,16,22H,8-9,11-13H2,1H3,(H,23,24). The maximum atomic E-state index is 13.9. The summed E-state index contributed by atoms with van der Waals surface area (Å²) in [5.74, 6) is 1.37. The van der Waals surface area contributed by atoms with Gasteiger partial charge in [0.1, 0.15) is 11.6 Å². The second kappa shape index (κ2) is 6.84. The molecule has 4 rings (SSSR count). The van der Waals surface area contributed by atoms with Crippen LogP contribution in [0, 0.1) is 18.7 Å². The maximum absolute atomic E-state index is 13.9. The second-order valence-electron chi connectivity index (χ2n) is 6.86. The molecule has 1 saturated heterocycles. The lowest BCUT2D eigenvalue weighted by atomic mass is 10.1. The Morgan fingerprint density at radius 1 is 1.28 bits per heavy atom. The van der Waals surface area contributed by atoms with Crippen molar-refractivity contribution in [1.82, 2.24) is 15.3 Å². The number of nitrogens with one attached hydrogen (secondary N) is 2. The molecule has 1 atom stereocenters. The fourth-order valence-corrected chi connectivity index (χ4v) is 3.64. The SMILES string of the molecule is Cc1nc2ccc(CNCC3CCN(c4ccccc4F)C3)cc2[nH]1. The van der Waals surface area contributed by atoms with Gasteiger partial charge in [-0.05, 0) is 49.1 Å². The number of hydrogen-bond acceptors (Lipinski definition) is 3. The number of benzene rings is 2. The van der Waals surface area contributed by atoms with E-state index in [1.807, 2.05) is 19.1 Å². The average Bonchev–Trinajstić information content (AvgIpc) is 3.20. The van der Waals surface area contributed by atoms with Crippen LogP contribution in [0.25, 0.3) is 11.0 Å². The molecule has 1 aliphatic rings. The van der Waals surface area contributed by atoms with Crippen molar-refractivity contribution in [2.24, 2.45) is 5.92 Å². The van der Waals surface area contributed by atoms with E-state index < -0.39 is 0 Å². The van der Waals surface area contributed by atoms with Gasteiger partial charge in [0.25, 0.3) is 0 Å². The third-order valence-electron chi connectivity index (χ3n) is 4.91. The lowest BCUT2D eigenvalue weighted by Crippen LogP contribution is -2.26. The van der Waals surface area contributed by atoms with Crippen molar-refractivity contribution in [2.75, 3.05) is 24.5 Å². The van der Waals surface area contributed by atoms with Gasteiger partial charge in [-0.25, -0.2) is 9.37 Å². The summed E-state index contributed by atoms with van der Waals surface area (Å²) in [5, 5.41) is 3.55. The van der Waals surface area contributed by atoms with E-state index in [9.17, 15) is 4.39 Å². The van der Waals surface area contributed by atoms with Crippen LogP contribution in [0.2, 0.25) is 0 Å². The maximum Gasteiger partial charge on any atom is 0.146 e. The number of imidazole rings is 1. The molecule has 1 fully saturated rings. The zero-order valence-corrected chi connectivity index (χ0v) is 14.4. The molecule has 25 heavy (non-hydrogen) atoms. The second-order valence-corrected chi connectivity index (χ2v) is 6.86. The summed E-state index contributed by atoms with van der Waals surface area (Å²) < 4.78 is 13.9. The summed E-state index contributed by atoms with van der Waals surface area (Å²) in [7, 11) is 0. The number of fused-ring (bicyclic) bond motifs is 1. The first-order chi connectivity index (χ1) is 12.2. The Hall–Kier alpha value is -2.40. The van der Waals surface area contributed by atoms with Crippen LogP contribution in [0.4, 0.5) is 10.1 Å². The zero-order valence-electron chi connectivity index (χ0n) is 14.4. The van der Waals surface area contributed by atoms with Crippen molar-refractivity contribution in [3.63, 3.8) is 0 Å². The van der Waals surface area contributed by atoms with Crippen LogP contribution < -0.4 is 10.2 Å². The third kappa shape index (κ3) is 3.51. The van der Waals surface area contributed by atoms with Gasteiger partial charge in [-0.1, -0.05) is 18.2 Å². The predicted molar refractivity (Wildman–Crippen MR) is 99.3 cm³/mol. The molecular formula is C20H23FN4. The fraction of sp³-hybridized carbons (Fsp3) is 0.350. The molecule has 0 amide bonds. The van der Waals surface area contributed by atoms with E-state index >= 15 is 0 Å². The van der Waals surface area contributed by atoms with Crippen LogP contribution in [0.1, 0.15) is 17.8 Å². The molecule has 4 nitrogen and oxygen atoms in total. The average molecular weight is 338 g/mol. The van der Waals surface area contributed by atoms with Gasteiger partial charge in [0.05, 0.1) is 16.7 Å². The minimum Gasteiger partial charge on any atom is -0.369 e. The van der Waals surface area contributed by atoms with Gasteiger partial charge in [-0.3, -0.25) is 0 Å². The molecule has 2 aromatic carbocycles. The molecule has 0 aliphatic carbocycles. The largest absolute Gasteiger partial charge is 0.369 e. The normalized spacial score (nSPS) is 17.5. The van der Waals surface area contributed by atoms with Gasteiger partial charge >= 0.3 is 0 Å². The van der Waals surface area contributed by atoms with E-state index in [1.165, 1.54) is 11.6 Å². The van der Waals surface area contributed by atoms with Crippen molar-refractivity contribution in [2.45, 2.75) is 19.9 Å². The Bertz CT molecular complexity index is 873. The third-order valence-corrected chi connectivity index (χ3v) is 4.91. The number of H-pyrrole nitrogens is 1. The molecule has 0 bridgehead atoms. The van der Waals surface area contributed by atoms with Crippen molar-refractivity contribution in [3.05, 3.63) is 59.7 Å². The van der Waals surface area contributed by atoms with Crippen molar-refractivity contribution in [3.8, 4) is 0 Å². The lowest BCUT2D eigenvalue weighted by Gasteiger charge is -2.19. The first-order valence-corrected chi connectivity index (χ1v) is 8.84. The van der Waals surface area contributed by atoms with Crippen LogP contribution in [0.15, 0.2) is 42.5 Å². The Labute approximate surface area is 147 Å².